The number of hydrogen-bond acceptors (Lipinski definition) is 7. The highest BCUT2D eigenvalue weighted by Gasteiger charge is 2.23. The normalized spacial score (nSPS) is 21.2. The number of aromatic nitrogens is 4. The van der Waals surface area contributed by atoms with Gasteiger partial charge in [-0.2, -0.15) is 10.1 Å². The van der Waals surface area contributed by atoms with Gasteiger partial charge in [0.25, 0.3) is 0 Å². The van der Waals surface area contributed by atoms with Crippen molar-refractivity contribution in [3.05, 3.63) is 30.5 Å². The fraction of sp³-hybridized carbons (Fsp3) is 0.577. The Kier molecular flexibility index (Phi) is 7.25. The molecule has 3 heterocycles. The van der Waals surface area contributed by atoms with Crippen LogP contribution in [0, 0.1) is 5.92 Å². The number of aliphatic hydroxyl groups excluding tert-OH is 1. The first-order valence-electron chi connectivity index (χ1n) is 12.9. The Morgan fingerprint density at radius 1 is 1.09 bits per heavy atom. The zero-order valence-electron chi connectivity index (χ0n) is 20.2. The van der Waals surface area contributed by atoms with Gasteiger partial charge in [-0.15, -0.1) is 0 Å². The van der Waals surface area contributed by atoms with Crippen LogP contribution in [-0.2, 0) is 6.54 Å². The van der Waals surface area contributed by atoms with Gasteiger partial charge in [-0.1, -0.05) is 25.5 Å². The molecule has 0 spiro atoms. The van der Waals surface area contributed by atoms with Crippen molar-refractivity contribution in [2.75, 3.05) is 42.9 Å². The lowest BCUT2D eigenvalue weighted by molar-refractivity contribution is 0.103. The molecule has 8 heteroatoms. The van der Waals surface area contributed by atoms with E-state index < -0.39 is 0 Å². The Labute approximate surface area is 201 Å². The number of hydrogen-bond donors (Lipinski definition) is 3. The maximum absolute atomic E-state index is 9.92. The second-order valence-electron chi connectivity index (χ2n) is 9.70. The molecule has 0 amide bonds. The van der Waals surface area contributed by atoms with E-state index in [9.17, 15) is 5.11 Å². The van der Waals surface area contributed by atoms with E-state index in [0.29, 0.717) is 11.9 Å². The molecule has 1 aromatic carbocycles. The zero-order valence-corrected chi connectivity index (χ0v) is 20.2. The Hall–Kier alpha value is -2.71. The highest BCUT2D eigenvalue weighted by Crippen LogP contribution is 2.31. The molecule has 3 aromatic rings. The summed E-state index contributed by atoms with van der Waals surface area (Å²) in [6.45, 7) is 8.01. The molecule has 1 saturated carbocycles. The Balaban J connectivity index is 1.44. The maximum Gasteiger partial charge on any atom is 0.224 e. The molecule has 1 saturated heterocycles. The van der Waals surface area contributed by atoms with Gasteiger partial charge < -0.3 is 20.6 Å². The summed E-state index contributed by atoms with van der Waals surface area (Å²) in [6, 6.07) is 8.76. The number of rotatable bonds is 8. The number of nitrogens with zero attached hydrogens (tertiary/aromatic N) is 5. The minimum absolute atomic E-state index is 0.146. The van der Waals surface area contributed by atoms with E-state index in [-0.39, 0.29) is 6.10 Å². The van der Waals surface area contributed by atoms with Crippen molar-refractivity contribution in [2.24, 2.45) is 5.92 Å². The molecular formula is C26H37N7O. The van der Waals surface area contributed by atoms with E-state index in [0.717, 1.165) is 100 Å². The van der Waals surface area contributed by atoms with E-state index in [2.05, 4.69) is 56.4 Å². The minimum atomic E-state index is -0.146. The highest BCUT2D eigenvalue weighted by atomic mass is 16.3. The molecule has 2 aliphatic rings. The SMILES string of the molecule is CCCCNc1ncc2c(-c3ccc(N4CCNCC4)cc3)nn(C[C@H]3CC[C@H](O)CC3)c2n1. The van der Waals surface area contributed by atoms with Gasteiger partial charge >= 0.3 is 0 Å². The molecule has 2 fully saturated rings. The summed E-state index contributed by atoms with van der Waals surface area (Å²) >= 11 is 0. The van der Waals surface area contributed by atoms with Crippen molar-refractivity contribution in [2.45, 2.75) is 58.1 Å². The monoisotopic (exact) mass is 463 g/mol. The van der Waals surface area contributed by atoms with Gasteiger partial charge in [0.2, 0.25) is 5.95 Å². The maximum atomic E-state index is 9.92. The first-order valence-corrected chi connectivity index (χ1v) is 12.9. The van der Waals surface area contributed by atoms with Crippen LogP contribution in [0.4, 0.5) is 11.6 Å². The van der Waals surface area contributed by atoms with E-state index in [1.165, 1.54) is 5.69 Å². The second kappa shape index (κ2) is 10.7. The number of fused-ring (bicyclic) bond motifs is 1. The van der Waals surface area contributed by atoms with Crippen LogP contribution in [0.3, 0.4) is 0 Å². The van der Waals surface area contributed by atoms with E-state index >= 15 is 0 Å². The van der Waals surface area contributed by atoms with Gasteiger partial charge in [0, 0.05) is 56.7 Å². The molecule has 0 atom stereocenters. The predicted molar refractivity (Wildman–Crippen MR) is 137 cm³/mol. The quantitative estimate of drug-likeness (QED) is 0.439. The molecule has 2 aromatic heterocycles. The molecule has 1 aliphatic heterocycles. The lowest BCUT2D eigenvalue weighted by Gasteiger charge is -2.29. The Bertz CT molecular complexity index is 1070. The first-order chi connectivity index (χ1) is 16.7. The standard InChI is InChI=1S/C26H37N7O/c1-2-3-12-28-26-29-17-23-24(20-6-8-21(9-7-20)32-15-13-27-14-16-32)31-33(25(23)30-26)18-19-4-10-22(34)11-5-19/h6-9,17,19,22,27,34H,2-5,10-16,18H2,1H3,(H,28,29,30)/t19-,22-. The van der Waals surface area contributed by atoms with Crippen molar-refractivity contribution in [3.8, 4) is 11.3 Å². The van der Waals surface area contributed by atoms with Crippen LogP contribution in [0.25, 0.3) is 22.3 Å². The molecular weight excluding hydrogens is 426 g/mol. The molecule has 8 nitrogen and oxygen atoms in total. The first kappa shape index (κ1) is 23.1. The van der Waals surface area contributed by atoms with Crippen LogP contribution >= 0.6 is 0 Å². The van der Waals surface area contributed by atoms with E-state index in [1.807, 2.05) is 6.20 Å². The topological polar surface area (TPSA) is 91.1 Å². The average molecular weight is 464 g/mol. The van der Waals surface area contributed by atoms with Crippen LogP contribution in [0.5, 0.6) is 0 Å². The van der Waals surface area contributed by atoms with Gasteiger partial charge in [0.15, 0.2) is 5.65 Å². The number of anilines is 2. The van der Waals surface area contributed by atoms with Gasteiger partial charge in [-0.25, -0.2) is 9.67 Å². The Morgan fingerprint density at radius 3 is 2.59 bits per heavy atom. The number of benzene rings is 1. The van der Waals surface area contributed by atoms with Gasteiger partial charge in [0.05, 0.1) is 11.5 Å². The summed E-state index contributed by atoms with van der Waals surface area (Å²) in [4.78, 5) is 11.9. The molecule has 182 valence electrons. The number of nitrogens with one attached hydrogen (secondary N) is 2. The number of aliphatic hydroxyl groups is 1. The van der Waals surface area contributed by atoms with Crippen LogP contribution in [0.1, 0.15) is 45.4 Å². The zero-order chi connectivity index (χ0) is 23.3. The minimum Gasteiger partial charge on any atom is -0.393 e. The number of piperazine rings is 1. The summed E-state index contributed by atoms with van der Waals surface area (Å²) in [5.74, 6) is 1.18. The summed E-state index contributed by atoms with van der Waals surface area (Å²) in [5, 5.41) is 22.7. The van der Waals surface area contributed by atoms with Crippen LogP contribution in [0.2, 0.25) is 0 Å². The fourth-order valence-electron chi connectivity index (χ4n) is 5.09. The van der Waals surface area contributed by atoms with Crippen molar-refractivity contribution < 1.29 is 5.11 Å². The largest absolute Gasteiger partial charge is 0.393 e. The van der Waals surface area contributed by atoms with Crippen molar-refractivity contribution in [3.63, 3.8) is 0 Å². The molecule has 5 rings (SSSR count). The van der Waals surface area contributed by atoms with Gasteiger partial charge in [-0.3, -0.25) is 0 Å². The highest BCUT2D eigenvalue weighted by molar-refractivity contribution is 5.91. The third kappa shape index (κ3) is 5.18. The van der Waals surface area contributed by atoms with E-state index in [1.54, 1.807) is 0 Å². The lowest BCUT2D eigenvalue weighted by atomic mass is 9.87. The summed E-state index contributed by atoms with van der Waals surface area (Å²) in [5.41, 5.74) is 4.18. The second-order valence-corrected chi connectivity index (χ2v) is 9.70. The van der Waals surface area contributed by atoms with Gasteiger partial charge in [0.1, 0.15) is 5.69 Å². The third-order valence-electron chi connectivity index (χ3n) is 7.17. The molecule has 34 heavy (non-hydrogen) atoms. The molecule has 0 radical (unpaired) electrons. The van der Waals surface area contributed by atoms with Crippen molar-refractivity contribution >= 4 is 22.7 Å². The smallest absolute Gasteiger partial charge is 0.224 e. The predicted octanol–water partition coefficient (Wildman–Crippen LogP) is 3.67. The summed E-state index contributed by atoms with van der Waals surface area (Å²) in [6.07, 6.45) is 7.82. The molecule has 3 N–H and O–H groups in total. The summed E-state index contributed by atoms with van der Waals surface area (Å²) in [7, 11) is 0. The number of unbranched alkanes of at least 4 members (excludes halogenated alkanes) is 1. The van der Waals surface area contributed by atoms with Crippen molar-refractivity contribution in [1.29, 1.82) is 0 Å². The van der Waals surface area contributed by atoms with Crippen LogP contribution in [0.15, 0.2) is 30.5 Å². The van der Waals surface area contributed by atoms with Crippen LogP contribution in [-0.4, -0.2) is 63.7 Å². The van der Waals surface area contributed by atoms with Crippen molar-refractivity contribution in [1.82, 2.24) is 25.1 Å². The average Bonchev–Trinajstić information content (AvgIpc) is 3.24. The summed E-state index contributed by atoms with van der Waals surface area (Å²) < 4.78 is 2.07. The van der Waals surface area contributed by atoms with Gasteiger partial charge in [-0.05, 0) is 50.2 Å². The molecule has 0 unspecified atom stereocenters. The molecule has 1 aliphatic carbocycles. The van der Waals surface area contributed by atoms with Crippen LogP contribution < -0.4 is 15.5 Å². The molecule has 0 bridgehead atoms. The Morgan fingerprint density at radius 2 is 1.85 bits per heavy atom. The van der Waals surface area contributed by atoms with E-state index in [4.69, 9.17) is 10.1 Å². The lowest BCUT2D eigenvalue weighted by Crippen LogP contribution is -2.43. The third-order valence-corrected chi connectivity index (χ3v) is 7.17. The fourth-order valence-corrected chi connectivity index (χ4v) is 5.09.